The number of nitrogen functional groups attached to an aromatic ring is 2. The summed E-state index contributed by atoms with van der Waals surface area (Å²) >= 11 is 1.55. The number of nitrogens with zero attached hydrogens (tertiary/aromatic N) is 3. The van der Waals surface area contributed by atoms with E-state index >= 15 is 0 Å². The molecular formula is C7H13N5S. The van der Waals surface area contributed by atoms with Gasteiger partial charge >= 0.3 is 0 Å². The van der Waals surface area contributed by atoms with Crippen molar-refractivity contribution in [2.24, 2.45) is 0 Å². The van der Waals surface area contributed by atoms with Crippen molar-refractivity contribution in [1.82, 2.24) is 15.0 Å². The highest BCUT2D eigenvalue weighted by Gasteiger charge is 2.06. The van der Waals surface area contributed by atoms with Gasteiger partial charge in [0.05, 0.1) is 0 Å². The summed E-state index contributed by atoms with van der Waals surface area (Å²) in [6, 6.07) is 0. The summed E-state index contributed by atoms with van der Waals surface area (Å²) in [5.41, 5.74) is 10.8. The first-order chi connectivity index (χ1) is 6.11. The smallest absolute Gasteiger partial charge is 0.225 e. The summed E-state index contributed by atoms with van der Waals surface area (Å²) in [6.45, 7) is 4.20. The maximum atomic E-state index is 5.42. The molecule has 72 valence electrons. The van der Waals surface area contributed by atoms with Gasteiger partial charge in [-0.1, -0.05) is 25.6 Å². The summed E-state index contributed by atoms with van der Waals surface area (Å²) < 4.78 is 0. The van der Waals surface area contributed by atoms with Gasteiger partial charge in [-0.25, -0.2) is 0 Å². The van der Waals surface area contributed by atoms with Gasteiger partial charge in [0.2, 0.25) is 11.9 Å². The van der Waals surface area contributed by atoms with Crippen LogP contribution in [-0.4, -0.2) is 20.2 Å². The van der Waals surface area contributed by atoms with Gasteiger partial charge in [0, 0.05) is 5.25 Å². The van der Waals surface area contributed by atoms with E-state index in [-0.39, 0.29) is 11.9 Å². The van der Waals surface area contributed by atoms with Gasteiger partial charge in [-0.3, -0.25) is 0 Å². The Bertz CT molecular complexity index is 270. The van der Waals surface area contributed by atoms with Crippen molar-refractivity contribution in [2.75, 3.05) is 11.5 Å². The second kappa shape index (κ2) is 4.27. The topological polar surface area (TPSA) is 90.7 Å². The Balaban J connectivity index is 2.77. The van der Waals surface area contributed by atoms with E-state index in [4.69, 9.17) is 11.5 Å². The lowest BCUT2D eigenvalue weighted by Crippen LogP contribution is -2.05. The summed E-state index contributed by atoms with van der Waals surface area (Å²) in [5.74, 6) is 0.358. The first kappa shape index (κ1) is 10.0. The van der Waals surface area contributed by atoms with Crippen molar-refractivity contribution in [3.63, 3.8) is 0 Å². The Morgan fingerprint density at radius 1 is 1.23 bits per heavy atom. The minimum absolute atomic E-state index is 0.179. The summed E-state index contributed by atoms with van der Waals surface area (Å²) in [4.78, 5) is 11.6. The van der Waals surface area contributed by atoms with Crippen LogP contribution in [0.2, 0.25) is 0 Å². The molecule has 0 aliphatic rings. The molecule has 0 bridgehead atoms. The van der Waals surface area contributed by atoms with Crippen LogP contribution in [0.15, 0.2) is 5.16 Å². The lowest BCUT2D eigenvalue weighted by atomic mass is 10.4. The van der Waals surface area contributed by atoms with E-state index in [0.717, 1.165) is 6.42 Å². The summed E-state index contributed by atoms with van der Waals surface area (Å²) in [5, 5.41) is 1.06. The molecule has 1 heterocycles. The molecule has 1 aromatic heterocycles. The first-order valence-electron chi connectivity index (χ1n) is 4.05. The van der Waals surface area contributed by atoms with Crippen molar-refractivity contribution >= 4 is 23.7 Å². The van der Waals surface area contributed by atoms with E-state index in [2.05, 4.69) is 28.8 Å². The Labute approximate surface area is 81.4 Å². The van der Waals surface area contributed by atoms with E-state index in [1.807, 2.05) is 0 Å². The van der Waals surface area contributed by atoms with Gasteiger partial charge in [0.15, 0.2) is 5.16 Å². The number of hydrogen-bond acceptors (Lipinski definition) is 6. The molecule has 5 nitrogen and oxygen atoms in total. The number of anilines is 2. The maximum Gasteiger partial charge on any atom is 0.225 e. The minimum Gasteiger partial charge on any atom is -0.368 e. The normalized spacial score (nSPS) is 12.8. The van der Waals surface area contributed by atoms with Crippen molar-refractivity contribution < 1.29 is 0 Å². The van der Waals surface area contributed by atoms with Crippen LogP contribution < -0.4 is 11.5 Å². The zero-order valence-corrected chi connectivity index (χ0v) is 8.51. The van der Waals surface area contributed by atoms with Crippen LogP contribution in [-0.2, 0) is 0 Å². The predicted molar refractivity (Wildman–Crippen MR) is 54.3 cm³/mol. The Hall–Kier alpha value is -1.04. The summed E-state index contributed by atoms with van der Waals surface area (Å²) in [7, 11) is 0. The third kappa shape index (κ3) is 3.06. The molecule has 4 N–H and O–H groups in total. The average Bonchev–Trinajstić information content (AvgIpc) is 2.02. The second-order valence-electron chi connectivity index (χ2n) is 2.67. The highest BCUT2D eigenvalue weighted by Crippen LogP contribution is 2.21. The van der Waals surface area contributed by atoms with Crippen LogP contribution >= 0.6 is 11.8 Å². The second-order valence-corrected chi connectivity index (χ2v) is 4.08. The van der Waals surface area contributed by atoms with Gasteiger partial charge in [-0.15, -0.1) is 0 Å². The molecule has 13 heavy (non-hydrogen) atoms. The van der Waals surface area contributed by atoms with Crippen molar-refractivity contribution in [2.45, 2.75) is 30.7 Å². The van der Waals surface area contributed by atoms with Gasteiger partial charge in [-0.2, -0.15) is 15.0 Å². The number of aromatic nitrogens is 3. The van der Waals surface area contributed by atoms with E-state index in [1.165, 1.54) is 0 Å². The molecule has 0 amide bonds. The highest BCUT2D eigenvalue weighted by atomic mass is 32.2. The number of nitrogens with two attached hydrogens (primary N) is 2. The molecule has 1 rings (SSSR count). The SMILES string of the molecule is CCC(C)Sc1nc(N)nc(N)n1. The van der Waals surface area contributed by atoms with Crippen LogP contribution in [0.4, 0.5) is 11.9 Å². The van der Waals surface area contributed by atoms with Crippen LogP contribution in [0.1, 0.15) is 20.3 Å². The summed E-state index contributed by atoms with van der Waals surface area (Å²) in [6.07, 6.45) is 1.05. The fourth-order valence-corrected chi connectivity index (χ4v) is 1.52. The van der Waals surface area contributed by atoms with E-state index in [1.54, 1.807) is 11.8 Å². The van der Waals surface area contributed by atoms with E-state index in [9.17, 15) is 0 Å². The third-order valence-electron chi connectivity index (χ3n) is 1.53. The fourth-order valence-electron chi connectivity index (χ4n) is 0.704. The van der Waals surface area contributed by atoms with Gasteiger partial charge in [0.1, 0.15) is 0 Å². The van der Waals surface area contributed by atoms with Crippen LogP contribution in [0, 0.1) is 0 Å². The molecule has 0 aliphatic heterocycles. The number of rotatable bonds is 3. The average molecular weight is 199 g/mol. The monoisotopic (exact) mass is 199 g/mol. The molecule has 0 saturated heterocycles. The molecule has 0 aliphatic carbocycles. The quantitative estimate of drug-likeness (QED) is 0.704. The zero-order valence-electron chi connectivity index (χ0n) is 7.69. The fraction of sp³-hybridized carbons (Fsp3) is 0.571. The van der Waals surface area contributed by atoms with Crippen molar-refractivity contribution in [1.29, 1.82) is 0 Å². The lowest BCUT2D eigenvalue weighted by Gasteiger charge is -2.06. The van der Waals surface area contributed by atoms with Gasteiger partial charge in [0.25, 0.3) is 0 Å². The first-order valence-corrected chi connectivity index (χ1v) is 4.93. The Morgan fingerprint density at radius 3 is 2.23 bits per heavy atom. The largest absolute Gasteiger partial charge is 0.368 e. The molecule has 0 aromatic carbocycles. The lowest BCUT2D eigenvalue weighted by molar-refractivity contribution is 0.877. The molecular weight excluding hydrogens is 186 g/mol. The molecule has 0 spiro atoms. The zero-order chi connectivity index (χ0) is 9.84. The molecule has 6 heteroatoms. The molecule has 0 saturated carbocycles. The van der Waals surface area contributed by atoms with Gasteiger partial charge in [-0.05, 0) is 6.42 Å². The van der Waals surface area contributed by atoms with Crippen LogP contribution in [0.25, 0.3) is 0 Å². The van der Waals surface area contributed by atoms with Gasteiger partial charge < -0.3 is 11.5 Å². The minimum atomic E-state index is 0.179. The maximum absolute atomic E-state index is 5.42. The molecule has 0 radical (unpaired) electrons. The molecule has 1 unspecified atom stereocenters. The highest BCUT2D eigenvalue weighted by molar-refractivity contribution is 7.99. The van der Waals surface area contributed by atoms with E-state index in [0.29, 0.717) is 10.4 Å². The van der Waals surface area contributed by atoms with E-state index < -0.39 is 0 Å². The molecule has 0 fully saturated rings. The molecule has 1 atom stereocenters. The number of hydrogen-bond donors (Lipinski definition) is 2. The van der Waals surface area contributed by atoms with Crippen LogP contribution in [0.3, 0.4) is 0 Å². The standard InChI is InChI=1S/C7H13N5S/c1-3-4(2)13-7-11-5(8)10-6(9)12-7/h4H,3H2,1-2H3,(H4,8,9,10,11,12). The Morgan fingerprint density at radius 2 is 1.77 bits per heavy atom. The van der Waals surface area contributed by atoms with Crippen molar-refractivity contribution in [3.05, 3.63) is 0 Å². The van der Waals surface area contributed by atoms with Crippen LogP contribution in [0.5, 0.6) is 0 Å². The number of thioether (sulfide) groups is 1. The third-order valence-corrected chi connectivity index (χ3v) is 2.66. The van der Waals surface area contributed by atoms with Crippen molar-refractivity contribution in [3.8, 4) is 0 Å². The Kier molecular flexibility index (Phi) is 3.30. The predicted octanol–water partition coefficient (Wildman–Crippen LogP) is 0.927. The molecule has 1 aromatic rings.